The average Bonchev–Trinajstić information content (AvgIpc) is 3.26. The van der Waals surface area contributed by atoms with Crippen LogP contribution in [0.5, 0.6) is 11.5 Å². The first-order valence-electron chi connectivity index (χ1n) is 12.4. The maximum atomic E-state index is 15.3. The Morgan fingerprint density at radius 3 is 2.58 bits per heavy atom. The van der Waals surface area contributed by atoms with Gasteiger partial charge in [0.1, 0.15) is 13.6 Å². The number of fused-ring (bicyclic) bond motifs is 1. The predicted octanol–water partition coefficient (Wildman–Crippen LogP) is -0.979. The summed E-state index contributed by atoms with van der Waals surface area (Å²) >= 11 is 0. The number of amides is 3. The minimum Gasteiger partial charge on any atom is -0.508 e. The van der Waals surface area contributed by atoms with E-state index in [-0.39, 0.29) is 49.4 Å². The molecule has 11 nitrogen and oxygen atoms in total. The second kappa shape index (κ2) is 9.89. The molecule has 5 rings (SSSR count). The number of hydrogen-bond acceptors (Lipinski definition) is 9. The van der Waals surface area contributed by atoms with Crippen LogP contribution in [0.15, 0.2) is 18.2 Å². The summed E-state index contributed by atoms with van der Waals surface area (Å²) in [5, 5.41) is 37.5. The van der Waals surface area contributed by atoms with Crippen LogP contribution in [0, 0.1) is 5.82 Å². The Hall–Kier alpha value is -3.68. The Morgan fingerprint density at radius 2 is 1.87 bits per heavy atom. The molecule has 2 aromatic carbocycles. The van der Waals surface area contributed by atoms with Crippen LogP contribution in [0.1, 0.15) is 39.9 Å². The third-order valence-electron chi connectivity index (χ3n) is 7.53. The van der Waals surface area contributed by atoms with Crippen LogP contribution < -0.4 is 16.1 Å². The minimum absolute atomic E-state index is 0.115. The highest BCUT2D eigenvalue weighted by molar-refractivity contribution is 6.35. The molecular weight excluding hydrogens is 498 g/mol. The van der Waals surface area contributed by atoms with Crippen molar-refractivity contribution in [1.29, 1.82) is 0 Å². The third-order valence-corrected chi connectivity index (χ3v) is 7.53. The number of rotatable bonds is 6. The lowest BCUT2D eigenvalue weighted by Gasteiger charge is -2.37. The van der Waals surface area contributed by atoms with Gasteiger partial charge in [-0.2, -0.15) is 0 Å². The van der Waals surface area contributed by atoms with E-state index in [9.17, 15) is 29.7 Å². The van der Waals surface area contributed by atoms with E-state index in [4.69, 9.17) is 4.74 Å². The lowest BCUT2D eigenvalue weighted by molar-refractivity contribution is -0.167. The molecule has 0 saturated carbocycles. The normalized spacial score (nSPS) is 21.9. The molecule has 0 aromatic heterocycles. The fourth-order valence-corrected chi connectivity index (χ4v) is 5.19. The van der Waals surface area contributed by atoms with Crippen LogP contribution in [-0.2, 0) is 34.0 Å². The fraction of sp³-hybridized carbons (Fsp3) is 0.400. The number of nitrogens with one attached hydrogen (secondary N) is 2. The zero-order valence-corrected chi connectivity index (χ0v) is 20.8. The lowest BCUT2D eigenvalue weighted by atomic mass is 9.86. The van der Waals surface area contributed by atoms with Gasteiger partial charge in [0, 0.05) is 61.4 Å². The molecule has 2 saturated heterocycles. The number of benzene rings is 2. The molecule has 3 aliphatic heterocycles. The largest absolute Gasteiger partial charge is 0.508 e. The molecule has 5 N–H and O–H groups in total. The molecule has 0 spiro atoms. The summed E-state index contributed by atoms with van der Waals surface area (Å²) in [5.41, 5.74) is -0.476. The molecule has 0 radical (unpaired) electrons. The number of nitrogens with zero attached hydrogens (tertiary/aromatic N) is 2. The Balaban J connectivity index is 1.37. The van der Waals surface area contributed by atoms with E-state index in [1.165, 1.54) is 0 Å². The van der Waals surface area contributed by atoms with Gasteiger partial charge in [-0.05, 0) is 17.6 Å². The molecule has 13 heteroatoms. The van der Waals surface area contributed by atoms with Gasteiger partial charge < -0.3 is 25.4 Å². The van der Waals surface area contributed by atoms with Crippen molar-refractivity contribution < 1.29 is 38.8 Å². The fourth-order valence-electron chi connectivity index (χ4n) is 5.19. The van der Waals surface area contributed by atoms with E-state index < -0.39 is 35.0 Å². The Kier molecular flexibility index (Phi) is 6.76. The van der Waals surface area contributed by atoms with Gasteiger partial charge in [-0.25, -0.2) is 4.39 Å². The average molecular weight is 526 g/mol. The SMILES string of the molecule is Bc1c(O)c(CNc2cccc3c2CN(C2(O)CCC(=O)NC2=O)C3=O)c(F)c(O)c1CN1CCOCC1. The van der Waals surface area contributed by atoms with Gasteiger partial charge in [0.25, 0.3) is 11.8 Å². The van der Waals surface area contributed by atoms with Crippen molar-refractivity contribution in [2.75, 3.05) is 31.6 Å². The minimum atomic E-state index is -2.18. The summed E-state index contributed by atoms with van der Waals surface area (Å²) < 4.78 is 20.6. The molecular formula is C25H28BFN4O7. The van der Waals surface area contributed by atoms with E-state index in [1.54, 1.807) is 26.0 Å². The molecule has 200 valence electrons. The van der Waals surface area contributed by atoms with Crippen molar-refractivity contribution in [2.24, 2.45) is 0 Å². The Bertz CT molecular complexity index is 1300. The van der Waals surface area contributed by atoms with Crippen molar-refractivity contribution in [2.45, 2.75) is 38.2 Å². The summed E-state index contributed by atoms with van der Waals surface area (Å²) in [6.45, 7) is 2.29. The number of imide groups is 1. The highest BCUT2D eigenvalue weighted by atomic mass is 19.1. The number of ether oxygens (including phenoxy) is 1. The van der Waals surface area contributed by atoms with Crippen LogP contribution in [0.25, 0.3) is 0 Å². The van der Waals surface area contributed by atoms with Crippen LogP contribution >= 0.6 is 0 Å². The number of morpholine rings is 1. The summed E-state index contributed by atoms with van der Waals surface area (Å²) in [4.78, 5) is 40.0. The van der Waals surface area contributed by atoms with E-state index in [1.807, 2.05) is 4.90 Å². The van der Waals surface area contributed by atoms with Crippen molar-refractivity contribution in [3.05, 3.63) is 46.3 Å². The molecule has 38 heavy (non-hydrogen) atoms. The first kappa shape index (κ1) is 26.0. The molecule has 3 heterocycles. The highest BCUT2D eigenvalue weighted by Gasteiger charge is 2.51. The number of halogens is 1. The first-order chi connectivity index (χ1) is 18.1. The lowest BCUT2D eigenvalue weighted by Crippen LogP contribution is -2.63. The highest BCUT2D eigenvalue weighted by Crippen LogP contribution is 2.37. The molecule has 0 aliphatic carbocycles. The zero-order chi connectivity index (χ0) is 27.2. The van der Waals surface area contributed by atoms with Gasteiger partial charge in [0.2, 0.25) is 11.6 Å². The monoisotopic (exact) mass is 526 g/mol. The molecule has 1 atom stereocenters. The number of carbonyl (C=O) groups is 3. The molecule has 3 aliphatic rings. The van der Waals surface area contributed by atoms with Gasteiger partial charge in [-0.3, -0.25) is 29.5 Å². The summed E-state index contributed by atoms with van der Waals surface area (Å²) in [7, 11) is 1.62. The quantitative estimate of drug-likeness (QED) is 0.182. The van der Waals surface area contributed by atoms with Crippen LogP contribution in [0.2, 0.25) is 0 Å². The summed E-state index contributed by atoms with van der Waals surface area (Å²) in [5.74, 6) is -3.80. The van der Waals surface area contributed by atoms with E-state index in [0.29, 0.717) is 48.6 Å². The topological polar surface area (TPSA) is 152 Å². The number of anilines is 1. The van der Waals surface area contributed by atoms with Crippen molar-refractivity contribution in [1.82, 2.24) is 15.1 Å². The molecule has 2 aromatic rings. The van der Waals surface area contributed by atoms with Gasteiger partial charge in [-0.1, -0.05) is 6.07 Å². The summed E-state index contributed by atoms with van der Waals surface area (Å²) in [6, 6.07) is 4.80. The number of hydrogen-bond donors (Lipinski definition) is 5. The van der Waals surface area contributed by atoms with Crippen LogP contribution in [-0.4, -0.2) is 82.7 Å². The Labute approximate surface area is 218 Å². The van der Waals surface area contributed by atoms with Crippen molar-refractivity contribution in [3.8, 4) is 11.5 Å². The van der Waals surface area contributed by atoms with Crippen molar-refractivity contribution >= 4 is 36.7 Å². The predicted molar refractivity (Wildman–Crippen MR) is 135 cm³/mol. The number of aliphatic hydroxyl groups is 1. The number of aromatic hydroxyl groups is 2. The third kappa shape index (κ3) is 4.36. The van der Waals surface area contributed by atoms with E-state index in [0.717, 1.165) is 4.90 Å². The molecule has 1 unspecified atom stereocenters. The maximum Gasteiger partial charge on any atom is 0.279 e. The zero-order valence-electron chi connectivity index (χ0n) is 20.8. The molecule has 0 bridgehead atoms. The van der Waals surface area contributed by atoms with Gasteiger partial charge in [-0.15, -0.1) is 0 Å². The summed E-state index contributed by atoms with van der Waals surface area (Å²) in [6.07, 6.45) is -0.342. The van der Waals surface area contributed by atoms with Gasteiger partial charge in [0.05, 0.1) is 25.3 Å². The number of piperidine rings is 1. The van der Waals surface area contributed by atoms with Crippen LogP contribution in [0.4, 0.5) is 10.1 Å². The van der Waals surface area contributed by atoms with E-state index in [2.05, 4.69) is 10.6 Å². The number of phenolic OH excluding ortho intramolecular Hbond substituents is 2. The van der Waals surface area contributed by atoms with Gasteiger partial charge in [0.15, 0.2) is 11.6 Å². The number of phenols is 2. The smallest absolute Gasteiger partial charge is 0.279 e. The van der Waals surface area contributed by atoms with Crippen molar-refractivity contribution in [3.63, 3.8) is 0 Å². The Morgan fingerprint density at radius 1 is 1.13 bits per heavy atom. The molecule has 3 amide bonds. The van der Waals surface area contributed by atoms with Crippen LogP contribution in [0.3, 0.4) is 0 Å². The second-order valence-corrected chi connectivity index (χ2v) is 9.75. The second-order valence-electron chi connectivity index (χ2n) is 9.75. The van der Waals surface area contributed by atoms with E-state index >= 15 is 4.39 Å². The number of carbonyl (C=O) groups excluding carboxylic acids is 3. The molecule has 2 fully saturated rings. The first-order valence-corrected chi connectivity index (χ1v) is 12.4. The maximum absolute atomic E-state index is 15.3. The standard InChI is InChI=1S/C25H28BFN4O7/c26-19-16(11-30-6-8-38-9-7-30)22(34)20(27)14(21(19)33)10-28-17-3-1-2-13-15(17)12-31(23(13)35)25(37)5-4-18(32)29-24(25)36/h1-3,28,33-34,37H,4-12,26H2,(H,29,32,36). The van der Waals surface area contributed by atoms with Gasteiger partial charge >= 0.3 is 0 Å².